The SMILES string of the molecule is COC[C@H]1Cn2cc(-c3nc(Nc4ccnn4C)ncc3C)nc2-c2nnc(C(F)(F)c3ccccc3Cl)n21. The van der Waals surface area contributed by atoms with Crippen LogP contribution in [-0.4, -0.2) is 57.8 Å². The van der Waals surface area contributed by atoms with Crippen molar-refractivity contribution in [3.63, 3.8) is 0 Å². The van der Waals surface area contributed by atoms with E-state index >= 15 is 8.78 Å². The van der Waals surface area contributed by atoms with E-state index in [9.17, 15) is 0 Å². The molecule has 1 atom stereocenters. The Labute approximate surface area is 226 Å². The lowest BCUT2D eigenvalue weighted by molar-refractivity contribution is 0.0235. The molecule has 5 heterocycles. The molecule has 0 saturated heterocycles. The van der Waals surface area contributed by atoms with Gasteiger partial charge in [0, 0.05) is 44.7 Å². The number of nitrogens with zero attached hydrogens (tertiary/aromatic N) is 9. The van der Waals surface area contributed by atoms with Crippen molar-refractivity contribution in [2.24, 2.45) is 7.05 Å². The van der Waals surface area contributed by atoms with E-state index < -0.39 is 17.8 Å². The molecule has 0 amide bonds. The van der Waals surface area contributed by atoms with Crippen molar-refractivity contribution in [2.75, 3.05) is 19.0 Å². The third-order valence-corrected chi connectivity index (χ3v) is 6.90. The third-order valence-electron chi connectivity index (χ3n) is 6.57. The second kappa shape index (κ2) is 9.50. The number of methoxy groups -OCH3 is 1. The van der Waals surface area contributed by atoms with Gasteiger partial charge in [0.05, 0.1) is 29.6 Å². The number of benzene rings is 1. The maximum Gasteiger partial charge on any atom is 0.333 e. The summed E-state index contributed by atoms with van der Waals surface area (Å²) in [6.45, 7) is 2.35. The van der Waals surface area contributed by atoms with E-state index in [1.54, 1.807) is 36.3 Å². The molecular weight excluding hydrogens is 530 g/mol. The Morgan fingerprint density at radius 1 is 1.15 bits per heavy atom. The number of hydrogen-bond donors (Lipinski definition) is 1. The minimum Gasteiger partial charge on any atom is -0.382 e. The Bertz CT molecular complexity index is 1680. The fraction of sp³-hybridized carbons (Fsp3) is 0.280. The number of halogens is 3. The Morgan fingerprint density at radius 2 is 1.97 bits per heavy atom. The largest absolute Gasteiger partial charge is 0.382 e. The number of imidazole rings is 1. The van der Waals surface area contributed by atoms with E-state index in [0.717, 1.165) is 11.4 Å². The van der Waals surface area contributed by atoms with Crippen LogP contribution in [0, 0.1) is 6.92 Å². The lowest BCUT2D eigenvalue weighted by Gasteiger charge is -2.28. The zero-order chi connectivity index (χ0) is 27.3. The van der Waals surface area contributed by atoms with Gasteiger partial charge in [0.2, 0.25) is 17.6 Å². The summed E-state index contributed by atoms with van der Waals surface area (Å²) in [5.74, 6) is -2.34. The van der Waals surface area contributed by atoms with Crippen molar-refractivity contribution in [3.05, 3.63) is 70.9 Å². The summed E-state index contributed by atoms with van der Waals surface area (Å²) < 4.78 is 41.9. The van der Waals surface area contributed by atoms with Crippen molar-refractivity contribution in [2.45, 2.75) is 25.4 Å². The van der Waals surface area contributed by atoms with E-state index in [2.05, 4.69) is 30.6 Å². The molecule has 14 heteroatoms. The smallest absolute Gasteiger partial charge is 0.333 e. The summed E-state index contributed by atoms with van der Waals surface area (Å²) in [7, 11) is 3.32. The molecule has 200 valence electrons. The van der Waals surface area contributed by atoms with Crippen LogP contribution in [0.25, 0.3) is 23.0 Å². The quantitative estimate of drug-likeness (QED) is 0.316. The number of nitrogens with one attached hydrogen (secondary N) is 1. The van der Waals surface area contributed by atoms with Gasteiger partial charge in [0.1, 0.15) is 11.5 Å². The van der Waals surface area contributed by atoms with Gasteiger partial charge in [-0.3, -0.25) is 9.25 Å². The van der Waals surface area contributed by atoms with Crippen molar-refractivity contribution < 1.29 is 13.5 Å². The molecular formula is C25H23ClF2N10O. The molecule has 0 fully saturated rings. The van der Waals surface area contributed by atoms with Crippen LogP contribution >= 0.6 is 11.6 Å². The molecule has 0 unspecified atom stereocenters. The lowest BCUT2D eigenvalue weighted by Crippen LogP contribution is -2.31. The maximum absolute atomic E-state index is 15.8. The molecule has 1 aliphatic rings. The fourth-order valence-corrected chi connectivity index (χ4v) is 4.94. The van der Waals surface area contributed by atoms with E-state index in [4.69, 9.17) is 21.3 Å². The molecule has 1 aliphatic heterocycles. The van der Waals surface area contributed by atoms with E-state index in [1.165, 1.54) is 29.9 Å². The first-order chi connectivity index (χ1) is 18.8. The van der Waals surface area contributed by atoms with Gasteiger partial charge in [-0.2, -0.15) is 13.9 Å². The highest BCUT2D eigenvalue weighted by Crippen LogP contribution is 2.42. The summed E-state index contributed by atoms with van der Waals surface area (Å²) in [4.78, 5) is 13.8. The zero-order valence-corrected chi connectivity index (χ0v) is 21.9. The average Bonchev–Trinajstić information content (AvgIpc) is 3.64. The number of aryl methyl sites for hydroxylation is 2. The van der Waals surface area contributed by atoms with Crippen LogP contribution in [0.5, 0.6) is 0 Å². The van der Waals surface area contributed by atoms with Gasteiger partial charge in [-0.05, 0) is 18.6 Å². The highest BCUT2D eigenvalue weighted by Gasteiger charge is 2.45. The number of ether oxygens (including phenoxy) is 1. The van der Waals surface area contributed by atoms with E-state index in [-0.39, 0.29) is 23.0 Å². The van der Waals surface area contributed by atoms with Crippen LogP contribution in [-0.2, 0) is 24.3 Å². The summed E-state index contributed by atoms with van der Waals surface area (Å²) in [5, 5.41) is 15.3. The first kappa shape index (κ1) is 25.1. The standard InChI is InChI=1S/C25H23ClF2N10O/c1-14-10-29-24(32-19-8-9-30-36(19)2)33-20(14)18-12-37-11-15(13-39-3)38-22(21(37)31-18)34-35-23(38)25(27,28)16-6-4-5-7-17(16)26/h4-10,12,15H,11,13H2,1-3H3,(H,29,32,33)/t15-/m1/s1. The predicted octanol–water partition coefficient (Wildman–Crippen LogP) is 4.38. The first-order valence-corrected chi connectivity index (χ1v) is 12.4. The summed E-state index contributed by atoms with van der Waals surface area (Å²) >= 11 is 6.14. The Morgan fingerprint density at radius 3 is 2.72 bits per heavy atom. The first-order valence-electron chi connectivity index (χ1n) is 12.0. The summed E-state index contributed by atoms with van der Waals surface area (Å²) in [6, 6.07) is 7.11. The minimum atomic E-state index is -3.50. The van der Waals surface area contributed by atoms with Gasteiger partial charge in [0.25, 0.3) is 0 Å². The second-order valence-electron chi connectivity index (χ2n) is 9.17. The highest BCUT2D eigenvalue weighted by atomic mass is 35.5. The molecule has 0 bridgehead atoms. The molecule has 0 spiro atoms. The fourth-order valence-electron chi connectivity index (χ4n) is 4.69. The van der Waals surface area contributed by atoms with Crippen molar-refractivity contribution in [1.29, 1.82) is 0 Å². The Kier molecular flexibility index (Phi) is 6.11. The molecule has 1 N–H and O–H groups in total. The molecule has 6 rings (SSSR count). The third kappa shape index (κ3) is 4.23. The lowest BCUT2D eigenvalue weighted by atomic mass is 10.1. The maximum atomic E-state index is 15.8. The molecule has 1 aromatic carbocycles. The number of hydrogen-bond acceptors (Lipinski definition) is 8. The predicted molar refractivity (Wildman–Crippen MR) is 139 cm³/mol. The van der Waals surface area contributed by atoms with Crippen LogP contribution in [0.15, 0.2) is 48.9 Å². The molecule has 4 aromatic heterocycles. The number of anilines is 2. The van der Waals surface area contributed by atoms with Gasteiger partial charge >= 0.3 is 5.92 Å². The van der Waals surface area contributed by atoms with Crippen LogP contribution in [0.3, 0.4) is 0 Å². The molecule has 0 saturated carbocycles. The molecule has 0 radical (unpaired) electrons. The molecule has 0 aliphatic carbocycles. The topological polar surface area (TPSA) is 113 Å². The Hall–Kier alpha value is -4.23. The van der Waals surface area contributed by atoms with Crippen LogP contribution in [0.1, 0.15) is 23.0 Å². The van der Waals surface area contributed by atoms with Gasteiger partial charge in [-0.1, -0.05) is 29.8 Å². The monoisotopic (exact) mass is 552 g/mol. The van der Waals surface area contributed by atoms with E-state index in [1.807, 2.05) is 17.7 Å². The minimum absolute atomic E-state index is 0.0579. The number of rotatable bonds is 7. The second-order valence-corrected chi connectivity index (χ2v) is 9.58. The number of fused-ring (bicyclic) bond motifs is 3. The summed E-state index contributed by atoms with van der Waals surface area (Å²) in [5.41, 5.74) is 1.58. The Balaban J connectivity index is 1.43. The van der Waals surface area contributed by atoms with Gasteiger partial charge in [-0.15, -0.1) is 10.2 Å². The summed E-state index contributed by atoms with van der Waals surface area (Å²) in [6.07, 6.45) is 5.18. The number of alkyl halides is 2. The van der Waals surface area contributed by atoms with E-state index in [0.29, 0.717) is 29.7 Å². The van der Waals surface area contributed by atoms with Crippen molar-refractivity contribution in [3.8, 4) is 23.0 Å². The normalized spacial score (nSPS) is 14.8. The zero-order valence-electron chi connectivity index (χ0n) is 21.2. The molecule has 11 nitrogen and oxygen atoms in total. The van der Waals surface area contributed by atoms with Gasteiger partial charge in [-0.25, -0.2) is 15.0 Å². The average molecular weight is 553 g/mol. The van der Waals surface area contributed by atoms with Crippen LogP contribution in [0.4, 0.5) is 20.5 Å². The van der Waals surface area contributed by atoms with Crippen molar-refractivity contribution in [1.82, 2.24) is 44.1 Å². The van der Waals surface area contributed by atoms with Gasteiger partial charge in [0.15, 0.2) is 5.82 Å². The van der Waals surface area contributed by atoms with Crippen LogP contribution in [0.2, 0.25) is 5.02 Å². The molecule has 39 heavy (non-hydrogen) atoms. The number of aromatic nitrogens is 9. The van der Waals surface area contributed by atoms with Crippen LogP contribution < -0.4 is 5.32 Å². The highest BCUT2D eigenvalue weighted by molar-refractivity contribution is 6.31. The van der Waals surface area contributed by atoms with Crippen molar-refractivity contribution >= 4 is 23.4 Å². The molecule has 5 aromatic rings. The van der Waals surface area contributed by atoms with Gasteiger partial charge < -0.3 is 14.6 Å².